The third-order valence-electron chi connectivity index (χ3n) is 3.43. The number of aryl methyl sites for hydroxylation is 1. The maximum atomic E-state index is 11.8. The van der Waals surface area contributed by atoms with Crippen LogP contribution in [0.4, 0.5) is 4.79 Å². The van der Waals surface area contributed by atoms with Gasteiger partial charge < -0.3 is 15.7 Å². The van der Waals surface area contributed by atoms with Gasteiger partial charge in [-0.05, 0) is 29.2 Å². The molecule has 0 heterocycles. The third kappa shape index (κ3) is 4.33. The Hall–Kier alpha value is -2.33. The second kappa shape index (κ2) is 7.45. The van der Waals surface area contributed by atoms with Gasteiger partial charge in [-0.25, -0.2) is 4.79 Å². The molecule has 110 valence electrons. The quantitative estimate of drug-likeness (QED) is 0.790. The molecule has 0 aliphatic rings. The number of amides is 2. The summed E-state index contributed by atoms with van der Waals surface area (Å²) >= 11 is 0. The highest BCUT2D eigenvalue weighted by atomic mass is 16.3. The zero-order valence-corrected chi connectivity index (χ0v) is 12.1. The third-order valence-corrected chi connectivity index (χ3v) is 3.43. The standard InChI is InChI=1S/C17H20N2O2/c1-13-6-2-3-7-14(13)10-18-17(21)19-11-15-8-4-5-9-16(15)12-20/h2-9,20H,10-12H2,1H3,(H2,18,19,21). The molecule has 3 N–H and O–H groups in total. The fraction of sp³-hybridized carbons (Fsp3) is 0.235. The number of rotatable bonds is 5. The normalized spacial score (nSPS) is 10.2. The zero-order chi connectivity index (χ0) is 15.1. The largest absolute Gasteiger partial charge is 0.392 e. The van der Waals surface area contributed by atoms with Crippen LogP contribution in [-0.2, 0) is 19.7 Å². The van der Waals surface area contributed by atoms with Crippen LogP contribution >= 0.6 is 0 Å². The Morgan fingerprint density at radius 3 is 2.05 bits per heavy atom. The molecule has 4 heteroatoms. The Bertz CT molecular complexity index is 611. The number of nitrogens with one attached hydrogen (secondary N) is 2. The highest BCUT2D eigenvalue weighted by Gasteiger charge is 2.04. The van der Waals surface area contributed by atoms with Crippen LogP contribution in [0.1, 0.15) is 22.3 Å². The fourth-order valence-electron chi connectivity index (χ4n) is 2.11. The molecule has 21 heavy (non-hydrogen) atoms. The second-order valence-electron chi connectivity index (χ2n) is 4.89. The van der Waals surface area contributed by atoms with E-state index in [1.54, 1.807) is 0 Å². The van der Waals surface area contributed by atoms with Crippen molar-refractivity contribution in [3.05, 3.63) is 70.8 Å². The Labute approximate surface area is 124 Å². The first-order valence-corrected chi connectivity index (χ1v) is 6.94. The Morgan fingerprint density at radius 1 is 0.905 bits per heavy atom. The van der Waals surface area contributed by atoms with E-state index in [1.807, 2.05) is 55.5 Å². The molecule has 2 aromatic carbocycles. The van der Waals surface area contributed by atoms with E-state index in [9.17, 15) is 9.90 Å². The summed E-state index contributed by atoms with van der Waals surface area (Å²) < 4.78 is 0. The number of benzene rings is 2. The summed E-state index contributed by atoms with van der Waals surface area (Å²) in [6, 6.07) is 15.2. The molecule has 0 saturated heterocycles. The van der Waals surface area contributed by atoms with E-state index < -0.39 is 0 Å². The molecule has 2 amide bonds. The van der Waals surface area contributed by atoms with Gasteiger partial charge in [0.05, 0.1) is 6.61 Å². The molecule has 0 aliphatic carbocycles. The van der Waals surface area contributed by atoms with Gasteiger partial charge in [0.15, 0.2) is 0 Å². The Balaban J connectivity index is 1.84. The minimum atomic E-state index is -0.217. The minimum absolute atomic E-state index is 0.0251. The molecular formula is C17H20N2O2. The van der Waals surface area contributed by atoms with Crippen LogP contribution in [0.15, 0.2) is 48.5 Å². The molecule has 0 saturated carbocycles. The first-order chi connectivity index (χ1) is 10.2. The molecule has 0 radical (unpaired) electrons. The van der Waals surface area contributed by atoms with Gasteiger partial charge in [-0.15, -0.1) is 0 Å². The van der Waals surface area contributed by atoms with Crippen molar-refractivity contribution in [1.82, 2.24) is 10.6 Å². The van der Waals surface area contributed by atoms with Crippen molar-refractivity contribution < 1.29 is 9.90 Å². The lowest BCUT2D eigenvalue weighted by Gasteiger charge is -2.11. The van der Waals surface area contributed by atoms with Crippen LogP contribution in [0, 0.1) is 6.92 Å². The van der Waals surface area contributed by atoms with Gasteiger partial charge in [-0.2, -0.15) is 0 Å². The van der Waals surface area contributed by atoms with Crippen LogP contribution in [-0.4, -0.2) is 11.1 Å². The Kier molecular flexibility index (Phi) is 5.35. The maximum absolute atomic E-state index is 11.8. The fourth-order valence-corrected chi connectivity index (χ4v) is 2.11. The number of carbonyl (C=O) groups excluding carboxylic acids is 1. The topological polar surface area (TPSA) is 61.4 Å². The summed E-state index contributed by atoms with van der Waals surface area (Å²) in [5, 5.41) is 14.9. The molecular weight excluding hydrogens is 264 g/mol. The monoisotopic (exact) mass is 284 g/mol. The molecule has 0 fully saturated rings. The van der Waals surface area contributed by atoms with E-state index in [1.165, 1.54) is 0 Å². The smallest absolute Gasteiger partial charge is 0.315 e. The van der Waals surface area contributed by atoms with E-state index in [2.05, 4.69) is 10.6 Å². The molecule has 0 aliphatic heterocycles. The van der Waals surface area contributed by atoms with Gasteiger partial charge in [-0.1, -0.05) is 48.5 Å². The van der Waals surface area contributed by atoms with Crippen molar-refractivity contribution in [2.24, 2.45) is 0 Å². The number of urea groups is 1. The number of hydrogen-bond acceptors (Lipinski definition) is 2. The number of aliphatic hydroxyl groups excluding tert-OH is 1. The molecule has 0 bridgehead atoms. The zero-order valence-electron chi connectivity index (χ0n) is 12.1. The van der Waals surface area contributed by atoms with E-state index in [4.69, 9.17) is 0 Å². The van der Waals surface area contributed by atoms with Crippen molar-refractivity contribution in [3.63, 3.8) is 0 Å². The summed E-state index contributed by atoms with van der Waals surface area (Å²) in [4.78, 5) is 11.8. The number of hydrogen-bond donors (Lipinski definition) is 3. The lowest BCUT2D eigenvalue weighted by molar-refractivity contribution is 0.239. The average Bonchev–Trinajstić information content (AvgIpc) is 2.52. The van der Waals surface area contributed by atoms with Crippen molar-refractivity contribution >= 4 is 6.03 Å². The van der Waals surface area contributed by atoms with Crippen molar-refractivity contribution in [1.29, 1.82) is 0 Å². The molecule has 0 spiro atoms. The van der Waals surface area contributed by atoms with Crippen LogP contribution in [0.3, 0.4) is 0 Å². The van der Waals surface area contributed by atoms with Gasteiger partial charge in [0.1, 0.15) is 0 Å². The summed E-state index contributed by atoms with van der Waals surface area (Å²) in [5.41, 5.74) is 4.01. The van der Waals surface area contributed by atoms with E-state index >= 15 is 0 Å². The average molecular weight is 284 g/mol. The van der Waals surface area contributed by atoms with Crippen LogP contribution < -0.4 is 10.6 Å². The molecule has 2 aromatic rings. The SMILES string of the molecule is Cc1ccccc1CNC(=O)NCc1ccccc1CO. The maximum Gasteiger partial charge on any atom is 0.315 e. The molecule has 2 rings (SSSR count). The van der Waals surface area contributed by atoms with Crippen molar-refractivity contribution in [2.45, 2.75) is 26.6 Å². The lowest BCUT2D eigenvalue weighted by atomic mass is 10.1. The summed E-state index contributed by atoms with van der Waals surface area (Å²) in [7, 11) is 0. The van der Waals surface area contributed by atoms with Crippen molar-refractivity contribution in [2.75, 3.05) is 0 Å². The van der Waals surface area contributed by atoms with Gasteiger partial charge in [0.2, 0.25) is 0 Å². The van der Waals surface area contributed by atoms with Gasteiger partial charge in [-0.3, -0.25) is 0 Å². The summed E-state index contributed by atoms with van der Waals surface area (Å²) in [5.74, 6) is 0. The Morgan fingerprint density at radius 2 is 1.43 bits per heavy atom. The van der Waals surface area contributed by atoms with Crippen LogP contribution in [0.5, 0.6) is 0 Å². The highest BCUT2D eigenvalue weighted by Crippen LogP contribution is 2.08. The first-order valence-electron chi connectivity index (χ1n) is 6.94. The summed E-state index contributed by atoms with van der Waals surface area (Å²) in [6.45, 7) is 2.89. The van der Waals surface area contributed by atoms with E-state index in [0.717, 1.165) is 22.3 Å². The van der Waals surface area contributed by atoms with Gasteiger partial charge in [0, 0.05) is 13.1 Å². The predicted octanol–water partition coefficient (Wildman–Crippen LogP) is 2.49. The second-order valence-corrected chi connectivity index (χ2v) is 4.89. The van der Waals surface area contributed by atoms with E-state index in [0.29, 0.717) is 13.1 Å². The van der Waals surface area contributed by atoms with Crippen LogP contribution in [0.25, 0.3) is 0 Å². The number of carbonyl (C=O) groups is 1. The molecule has 0 unspecified atom stereocenters. The summed E-state index contributed by atoms with van der Waals surface area (Å²) in [6.07, 6.45) is 0. The van der Waals surface area contributed by atoms with E-state index in [-0.39, 0.29) is 12.6 Å². The minimum Gasteiger partial charge on any atom is -0.392 e. The van der Waals surface area contributed by atoms with Gasteiger partial charge in [0.25, 0.3) is 0 Å². The molecule has 0 aromatic heterocycles. The van der Waals surface area contributed by atoms with Gasteiger partial charge >= 0.3 is 6.03 Å². The first kappa shape index (κ1) is 15.1. The lowest BCUT2D eigenvalue weighted by Crippen LogP contribution is -2.34. The van der Waals surface area contributed by atoms with Crippen LogP contribution in [0.2, 0.25) is 0 Å². The highest BCUT2D eigenvalue weighted by molar-refractivity contribution is 5.73. The molecule has 4 nitrogen and oxygen atoms in total. The van der Waals surface area contributed by atoms with Crippen molar-refractivity contribution in [3.8, 4) is 0 Å². The molecule has 0 atom stereocenters. The predicted molar refractivity (Wildman–Crippen MR) is 82.6 cm³/mol. The number of aliphatic hydroxyl groups is 1.